The van der Waals surface area contributed by atoms with E-state index in [1.807, 2.05) is 4.90 Å². The number of benzene rings is 2. The predicted molar refractivity (Wildman–Crippen MR) is 178 cm³/mol. The molecule has 2 N–H and O–H groups in total. The largest absolute Gasteiger partial charge is 0.508 e. The van der Waals surface area contributed by atoms with Crippen LogP contribution in [0.1, 0.15) is 50.5 Å². The number of hydrogen-bond donors (Lipinski definition) is 2. The number of carbonyl (C=O) groups excluding carboxylic acids is 1. The molecule has 0 amide bonds. The molecule has 17 heteroatoms. The molecule has 6 bridgehead atoms. The molecule has 5 aliphatic rings. The van der Waals surface area contributed by atoms with Gasteiger partial charge >= 0.3 is 24.1 Å². The number of carbonyl (C=O) groups is 2. The van der Waals surface area contributed by atoms with E-state index in [2.05, 4.69) is 14.9 Å². The van der Waals surface area contributed by atoms with Gasteiger partial charge in [-0.2, -0.15) is 23.1 Å². The van der Waals surface area contributed by atoms with E-state index in [4.69, 9.17) is 24.4 Å². The van der Waals surface area contributed by atoms with E-state index in [1.54, 1.807) is 0 Å². The number of fused-ring (bicyclic) bond motifs is 6. The summed E-state index contributed by atoms with van der Waals surface area (Å²) in [6.07, 6.45) is -0.849. The van der Waals surface area contributed by atoms with Crippen molar-refractivity contribution in [2.45, 2.75) is 75.4 Å². The summed E-state index contributed by atoms with van der Waals surface area (Å²) < 4.78 is 90.5. The first-order valence-electron chi connectivity index (χ1n) is 17.3. The smallest absolute Gasteiger partial charge is 0.490 e. The Bertz CT molecular complexity index is 2080. The second kappa shape index (κ2) is 14.1. The SMILES string of the molecule is O=C(O)C(F)(F)F.O=C1CCCc2c(F)ccc3cc(O)cc(c23)-c2ncc3c(nc(OC[C@@]45CCCN4C[C@H](F)C5)nc3c2F)N2CCC[C@H](C2)O1. The van der Waals surface area contributed by atoms with Crippen molar-refractivity contribution in [3.63, 3.8) is 0 Å². The Hall–Kier alpha value is -4.93. The first-order valence-corrected chi connectivity index (χ1v) is 17.3. The number of esters is 1. The molecule has 2 aromatic carbocycles. The number of halogens is 6. The minimum absolute atomic E-state index is 0.0405. The molecule has 5 aliphatic heterocycles. The van der Waals surface area contributed by atoms with Crippen molar-refractivity contribution in [3.05, 3.63) is 47.7 Å². The van der Waals surface area contributed by atoms with Gasteiger partial charge in [-0.05, 0) is 79.6 Å². The number of piperidine rings is 1. The highest BCUT2D eigenvalue weighted by Crippen LogP contribution is 2.42. The van der Waals surface area contributed by atoms with Crippen molar-refractivity contribution in [1.29, 1.82) is 0 Å². The van der Waals surface area contributed by atoms with E-state index in [0.29, 0.717) is 72.9 Å². The third kappa shape index (κ3) is 7.22. The van der Waals surface area contributed by atoms with Crippen molar-refractivity contribution >= 4 is 39.4 Å². The van der Waals surface area contributed by atoms with Gasteiger partial charge in [0.15, 0.2) is 5.82 Å². The first kappa shape index (κ1) is 36.4. The number of carboxylic acids is 1. The molecule has 0 unspecified atom stereocenters. The quantitative estimate of drug-likeness (QED) is 0.181. The number of rotatable bonds is 3. The van der Waals surface area contributed by atoms with Crippen LogP contribution in [0.15, 0.2) is 30.5 Å². The molecule has 3 fully saturated rings. The van der Waals surface area contributed by atoms with E-state index in [0.717, 1.165) is 19.4 Å². The number of anilines is 1. The number of aromatic hydroxyl groups is 1. The fourth-order valence-electron chi connectivity index (χ4n) is 7.97. The summed E-state index contributed by atoms with van der Waals surface area (Å²) in [4.78, 5) is 39.7. The lowest BCUT2D eigenvalue weighted by molar-refractivity contribution is -0.192. The lowest BCUT2D eigenvalue weighted by atomic mass is 9.93. The molecular weight excluding hydrogens is 712 g/mol. The van der Waals surface area contributed by atoms with Gasteiger partial charge in [-0.1, -0.05) is 6.07 Å². The molecular formula is C36H35F6N5O6. The summed E-state index contributed by atoms with van der Waals surface area (Å²) in [5.74, 6) is -4.12. The molecule has 282 valence electrons. The van der Waals surface area contributed by atoms with Crippen LogP contribution in [0.3, 0.4) is 0 Å². The fraction of sp³-hybridized carbons (Fsp3) is 0.472. The average Bonchev–Trinajstić information content (AvgIpc) is 3.63. The lowest BCUT2D eigenvalue weighted by Gasteiger charge is -2.34. The van der Waals surface area contributed by atoms with E-state index < -0.39 is 41.6 Å². The van der Waals surface area contributed by atoms with Crippen LogP contribution in [0.5, 0.6) is 11.8 Å². The van der Waals surface area contributed by atoms with Crippen LogP contribution in [-0.2, 0) is 20.7 Å². The van der Waals surface area contributed by atoms with Crippen molar-refractivity contribution in [2.75, 3.05) is 37.7 Å². The minimum Gasteiger partial charge on any atom is -0.508 e. The Balaban J connectivity index is 0.000000568. The summed E-state index contributed by atoms with van der Waals surface area (Å²) >= 11 is 0. The zero-order valence-corrected chi connectivity index (χ0v) is 28.3. The maximum absolute atomic E-state index is 16.8. The molecule has 11 nitrogen and oxygen atoms in total. The Morgan fingerprint density at radius 1 is 1.08 bits per heavy atom. The van der Waals surface area contributed by atoms with E-state index in [-0.39, 0.29) is 54.0 Å². The Kier molecular flexibility index (Phi) is 9.72. The summed E-state index contributed by atoms with van der Waals surface area (Å²) in [7, 11) is 0. The number of aryl methyl sites for hydroxylation is 1. The van der Waals surface area contributed by atoms with Crippen LogP contribution in [0.25, 0.3) is 32.9 Å². The maximum Gasteiger partial charge on any atom is 0.490 e. The van der Waals surface area contributed by atoms with Gasteiger partial charge in [0.1, 0.15) is 47.5 Å². The average molecular weight is 748 g/mol. The predicted octanol–water partition coefficient (Wildman–Crippen LogP) is 6.27. The zero-order valence-electron chi connectivity index (χ0n) is 28.3. The fourth-order valence-corrected chi connectivity index (χ4v) is 7.97. The number of alkyl halides is 4. The van der Waals surface area contributed by atoms with Gasteiger partial charge in [-0.25, -0.2) is 18.0 Å². The Morgan fingerprint density at radius 2 is 1.87 bits per heavy atom. The second-order valence-corrected chi connectivity index (χ2v) is 13.9. The van der Waals surface area contributed by atoms with Crippen molar-refractivity contribution in [1.82, 2.24) is 19.9 Å². The number of phenols is 1. The summed E-state index contributed by atoms with van der Waals surface area (Å²) in [5.41, 5.74) is -0.0941. The second-order valence-electron chi connectivity index (χ2n) is 13.9. The normalized spacial score (nSPS) is 23.2. The third-order valence-electron chi connectivity index (χ3n) is 10.3. The van der Waals surface area contributed by atoms with Gasteiger partial charge in [-0.3, -0.25) is 14.7 Å². The number of nitrogens with zero attached hydrogens (tertiary/aromatic N) is 5. The van der Waals surface area contributed by atoms with Crippen molar-refractivity contribution in [3.8, 4) is 23.0 Å². The molecule has 53 heavy (non-hydrogen) atoms. The van der Waals surface area contributed by atoms with Gasteiger partial charge < -0.3 is 24.6 Å². The number of hydrogen-bond acceptors (Lipinski definition) is 10. The monoisotopic (exact) mass is 747 g/mol. The number of carboxylic acid groups (broad SMARTS) is 1. The highest BCUT2D eigenvalue weighted by Gasteiger charge is 2.49. The summed E-state index contributed by atoms with van der Waals surface area (Å²) in [5, 5.41) is 19.0. The highest BCUT2D eigenvalue weighted by molar-refractivity contribution is 6.01. The van der Waals surface area contributed by atoms with Crippen LogP contribution >= 0.6 is 0 Å². The van der Waals surface area contributed by atoms with Gasteiger partial charge in [0.2, 0.25) is 0 Å². The number of ether oxygens (including phenoxy) is 2. The number of pyridine rings is 1. The van der Waals surface area contributed by atoms with E-state index in [1.165, 1.54) is 30.5 Å². The maximum atomic E-state index is 16.8. The molecule has 7 heterocycles. The van der Waals surface area contributed by atoms with Gasteiger partial charge in [0.25, 0.3) is 0 Å². The van der Waals surface area contributed by atoms with E-state index in [9.17, 15) is 27.5 Å². The third-order valence-corrected chi connectivity index (χ3v) is 10.3. The van der Waals surface area contributed by atoms with Crippen LogP contribution in [0.4, 0.5) is 32.2 Å². The molecule has 9 rings (SSSR count). The van der Waals surface area contributed by atoms with Gasteiger partial charge in [-0.15, -0.1) is 0 Å². The standard InChI is InChI=1S/C34H34F3N5O4.C2HF3O2/c35-20-14-34(9-3-11-42(34)16-20)18-45-33-39-31-25-15-38-30(29(31)37)24-13-21(43)12-19-7-8-26(36)23(28(19)24)5-1-6-27(44)46-22-4-2-10-41(17-22)32(25)40-33;3-2(4,5)1(6)7/h7-8,12-13,15,20,22,43H,1-6,9-11,14,16-18H2;(H,6,7)/t20-,22-,34+;/m1./s1. The Morgan fingerprint density at radius 3 is 2.64 bits per heavy atom. The van der Waals surface area contributed by atoms with Gasteiger partial charge in [0.05, 0.1) is 17.5 Å². The number of phenolic OH excluding ortho intramolecular Hbond substituents is 1. The van der Waals surface area contributed by atoms with Crippen LogP contribution in [0.2, 0.25) is 0 Å². The van der Waals surface area contributed by atoms with Crippen LogP contribution < -0.4 is 9.64 Å². The highest BCUT2D eigenvalue weighted by atomic mass is 19.4. The summed E-state index contributed by atoms with van der Waals surface area (Å²) in [6.45, 7) is 2.26. The number of aliphatic carboxylic acids is 1. The molecule has 0 aliphatic carbocycles. The van der Waals surface area contributed by atoms with Gasteiger partial charge in [0, 0.05) is 37.7 Å². The number of aromatic nitrogens is 3. The molecule has 4 aromatic rings. The Labute approximate surface area is 298 Å². The molecule has 0 saturated carbocycles. The van der Waals surface area contributed by atoms with E-state index >= 15 is 8.78 Å². The molecule has 0 radical (unpaired) electrons. The molecule has 0 spiro atoms. The molecule has 2 aromatic heterocycles. The summed E-state index contributed by atoms with van der Waals surface area (Å²) in [6, 6.07) is 5.65. The van der Waals surface area contributed by atoms with Crippen LogP contribution in [-0.4, -0.2) is 98.8 Å². The molecule has 3 atom stereocenters. The van der Waals surface area contributed by atoms with Crippen molar-refractivity contribution in [2.24, 2.45) is 0 Å². The first-order chi connectivity index (χ1) is 25.2. The van der Waals surface area contributed by atoms with Crippen molar-refractivity contribution < 1.29 is 55.6 Å². The minimum atomic E-state index is -5.08. The zero-order chi connectivity index (χ0) is 37.7. The molecule has 3 saturated heterocycles. The lowest BCUT2D eigenvalue weighted by Crippen LogP contribution is -2.43. The van der Waals surface area contributed by atoms with Crippen LogP contribution in [0, 0.1) is 11.6 Å². The topological polar surface area (TPSA) is 138 Å².